The Morgan fingerprint density at radius 1 is 0.789 bits per heavy atom. The third-order valence-electron chi connectivity index (χ3n) is 5.90. The van der Waals surface area contributed by atoms with E-state index in [2.05, 4.69) is 89.9 Å². The van der Waals surface area contributed by atoms with Gasteiger partial charge in [-0.05, 0) is 57.8 Å². The lowest BCUT2D eigenvalue weighted by atomic mass is 10.2. The summed E-state index contributed by atoms with van der Waals surface area (Å²) in [5.74, 6) is -0.828. The van der Waals surface area contributed by atoms with Crippen molar-refractivity contribution >= 4 is 17.8 Å². The van der Waals surface area contributed by atoms with Gasteiger partial charge in [0.2, 0.25) is 11.8 Å². The number of rotatable bonds is 18. The van der Waals surface area contributed by atoms with E-state index < -0.39 is 5.97 Å². The first-order valence-electron chi connectivity index (χ1n) is 13.8. The molecule has 0 bridgehead atoms. The Morgan fingerprint density at radius 3 is 1.84 bits per heavy atom. The molecule has 1 rings (SSSR count). The van der Waals surface area contributed by atoms with Crippen LogP contribution in [0.3, 0.4) is 0 Å². The number of amides is 2. The maximum atomic E-state index is 12.6. The molecule has 1 atom stereocenters. The quantitative estimate of drug-likeness (QED) is 0.130. The summed E-state index contributed by atoms with van der Waals surface area (Å²) in [5.41, 5.74) is 0. The SMILES string of the molecule is CC/C=C\C/C=C\C/C=C\C/C=C\C/C=C\C/C=C\CCC(=O)N1CCCC1CNC(=O)/C=C/C(=O)OC. The molecule has 1 heterocycles. The van der Waals surface area contributed by atoms with Crippen molar-refractivity contribution in [1.29, 1.82) is 0 Å². The van der Waals surface area contributed by atoms with Crippen LogP contribution in [0.4, 0.5) is 0 Å². The van der Waals surface area contributed by atoms with Crippen molar-refractivity contribution in [2.24, 2.45) is 0 Å². The number of hydrogen-bond donors (Lipinski definition) is 1. The predicted octanol–water partition coefficient (Wildman–Crippen LogP) is 6.30. The first kappa shape index (κ1) is 32.6. The smallest absolute Gasteiger partial charge is 0.330 e. The van der Waals surface area contributed by atoms with E-state index in [1.54, 1.807) is 0 Å². The fraction of sp³-hybridized carbons (Fsp3) is 0.469. The van der Waals surface area contributed by atoms with Crippen LogP contribution in [-0.4, -0.2) is 48.9 Å². The van der Waals surface area contributed by atoms with Gasteiger partial charge in [0, 0.05) is 37.7 Å². The highest BCUT2D eigenvalue weighted by Gasteiger charge is 2.28. The van der Waals surface area contributed by atoms with Crippen LogP contribution < -0.4 is 5.32 Å². The first-order valence-corrected chi connectivity index (χ1v) is 13.8. The molecule has 208 valence electrons. The number of ether oxygens (including phenoxy) is 1. The summed E-state index contributed by atoms with van der Waals surface area (Å²) < 4.78 is 4.47. The summed E-state index contributed by atoms with van der Waals surface area (Å²) in [4.78, 5) is 37.4. The molecule has 2 amide bonds. The van der Waals surface area contributed by atoms with Crippen LogP contribution in [0.1, 0.15) is 71.1 Å². The minimum Gasteiger partial charge on any atom is -0.466 e. The summed E-state index contributed by atoms with van der Waals surface area (Å²) in [6.07, 6.45) is 37.1. The molecule has 1 fully saturated rings. The number of methoxy groups -OCH3 is 1. The van der Waals surface area contributed by atoms with Gasteiger partial charge in [0.05, 0.1) is 7.11 Å². The maximum Gasteiger partial charge on any atom is 0.330 e. The molecule has 0 aliphatic carbocycles. The Kier molecular flexibility index (Phi) is 19.5. The van der Waals surface area contributed by atoms with Gasteiger partial charge in [-0.25, -0.2) is 4.79 Å². The second-order valence-corrected chi connectivity index (χ2v) is 8.94. The van der Waals surface area contributed by atoms with E-state index in [1.807, 2.05) is 4.90 Å². The Labute approximate surface area is 229 Å². The largest absolute Gasteiger partial charge is 0.466 e. The lowest BCUT2D eigenvalue weighted by Crippen LogP contribution is -2.42. The normalized spacial score (nSPS) is 16.6. The highest BCUT2D eigenvalue weighted by Crippen LogP contribution is 2.18. The maximum absolute atomic E-state index is 12.6. The minimum absolute atomic E-state index is 0.00301. The molecule has 0 saturated carbocycles. The summed E-state index contributed by atoms with van der Waals surface area (Å²) in [6.45, 7) is 3.25. The van der Waals surface area contributed by atoms with Crippen LogP contribution >= 0.6 is 0 Å². The van der Waals surface area contributed by atoms with E-state index in [0.29, 0.717) is 19.4 Å². The zero-order chi connectivity index (χ0) is 27.7. The van der Waals surface area contributed by atoms with E-state index in [9.17, 15) is 14.4 Å². The van der Waals surface area contributed by atoms with Gasteiger partial charge >= 0.3 is 5.97 Å². The molecule has 0 aromatic carbocycles. The van der Waals surface area contributed by atoms with Gasteiger partial charge in [-0.3, -0.25) is 9.59 Å². The summed E-state index contributed by atoms with van der Waals surface area (Å²) in [5, 5.41) is 2.76. The molecule has 1 N–H and O–H groups in total. The van der Waals surface area contributed by atoms with Crippen LogP contribution in [0.5, 0.6) is 0 Å². The fourth-order valence-electron chi connectivity index (χ4n) is 3.86. The average Bonchev–Trinajstić information content (AvgIpc) is 3.40. The number of esters is 1. The Hall–Kier alpha value is -3.41. The topological polar surface area (TPSA) is 75.7 Å². The lowest BCUT2D eigenvalue weighted by Gasteiger charge is -2.24. The number of carbonyl (C=O) groups is 3. The van der Waals surface area contributed by atoms with Crippen LogP contribution in [-0.2, 0) is 19.1 Å². The third kappa shape index (κ3) is 17.1. The summed E-state index contributed by atoms with van der Waals surface area (Å²) in [6, 6.07) is 0.00301. The molecule has 0 aromatic heterocycles. The molecule has 0 aromatic rings. The zero-order valence-electron chi connectivity index (χ0n) is 23.2. The number of nitrogens with zero attached hydrogens (tertiary/aromatic N) is 1. The minimum atomic E-state index is -0.577. The summed E-state index contributed by atoms with van der Waals surface area (Å²) >= 11 is 0. The highest BCUT2D eigenvalue weighted by atomic mass is 16.5. The van der Waals surface area contributed by atoms with E-state index >= 15 is 0 Å². The van der Waals surface area contributed by atoms with Crippen molar-refractivity contribution in [1.82, 2.24) is 10.2 Å². The van der Waals surface area contributed by atoms with Gasteiger partial charge < -0.3 is 15.0 Å². The van der Waals surface area contributed by atoms with Gasteiger partial charge in [0.15, 0.2) is 0 Å². The average molecular weight is 523 g/mol. The van der Waals surface area contributed by atoms with E-state index in [0.717, 1.165) is 70.1 Å². The third-order valence-corrected chi connectivity index (χ3v) is 5.90. The number of carbonyl (C=O) groups excluding carboxylic acids is 3. The monoisotopic (exact) mass is 522 g/mol. The highest BCUT2D eigenvalue weighted by molar-refractivity contribution is 5.94. The number of hydrogen-bond acceptors (Lipinski definition) is 4. The van der Waals surface area contributed by atoms with E-state index in [1.165, 1.54) is 7.11 Å². The molecule has 1 aliphatic heterocycles. The van der Waals surface area contributed by atoms with Crippen LogP contribution in [0, 0.1) is 0 Å². The molecule has 1 aliphatic rings. The Morgan fingerprint density at radius 2 is 1.32 bits per heavy atom. The second kappa shape index (κ2) is 22.8. The van der Waals surface area contributed by atoms with Crippen molar-refractivity contribution in [2.45, 2.75) is 77.2 Å². The molecule has 38 heavy (non-hydrogen) atoms. The Balaban J connectivity index is 2.14. The van der Waals surface area contributed by atoms with Gasteiger partial charge in [0.1, 0.15) is 0 Å². The number of nitrogens with one attached hydrogen (secondary N) is 1. The van der Waals surface area contributed by atoms with Crippen LogP contribution in [0.25, 0.3) is 0 Å². The van der Waals surface area contributed by atoms with Crippen molar-refractivity contribution in [3.63, 3.8) is 0 Å². The first-order chi connectivity index (χ1) is 18.6. The van der Waals surface area contributed by atoms with E-state index in [-0.39, 0.29) is 17.9 Å². The molecule has 6 nitrogen and oxygen atoms in total. The van der Waals surface area contributed by atoms with Crippen molar-refractivity contribution in [2.75, 3.05) is 20.2 Å². The Bertz CT molecular complexity index is 893. The number of likely N-dealkylation sites (tertiary alicyclic amines) is 1. The van der Waals surface area contributed by atoms with Crippen molar-refractivity contribution in [3.8, 4) is 0 Å². The number of allylic oxidation sites excluding steroid dienone is 12. The van der Waals surface area contributed by atoms with Gasteiger partial charge in [-0.1, -0.05) is 79.8 Å². The standard InChI is InChI=1S/C32H46N2O4/c1-3-4-5-6-7-8-9-10-11-12-13-14-15-16-17-18-19-20-21-24-31(36)34-27-22-23-29(34)28-33-30(35)25-26-32(37)38-2/h4-5,7-8,10-11,13-14,16-17,19-20,25-26,29H,3,6,9,12,15,18,21-24,27-28H2,1-2H3,(H,33,35)/b5-4-,8-7-,11-10-,14-13-,17-16-,20-19-,26-25+. The lowest BCUT2D eigenvalue weighted by molar-refractivity contribution is -0.135. The molecule has 1 saturated heterocycles. The summed E-state index contributed by atoms with van der Waals surface area (Å²) in [7, 11) is 1.26. The van der Waals surface area contributed by atoms with Crippen molar-refractivity contribution in [3.05, 3.63) is 85.1 Å². The van der Waals surface area contributed by atoms with Crippen molar-refractivity contribution < 1.29 is 19.1 Å². The molecule has 6 heteroatoms. The van der Waals surface area contributed by atoms with Gasteiger partial charge in [0.25, 0.3) is 0 Å². The molecule has 0 radical (unpaired) electrons. The second-order valence-electron chi connectivity index (χ2n) is 8.94. The molecular weight excluding hydrogens is 476 g/mol. The van der Waals surface area contributed by atoms with Gasteiger partial charge in [-0.2, -0.15) is 0 Å². The van der Waals surface area contributed by atoms with E-state index in [4.69, 9.17) is 0 Å². The predicted molar refractivity (Wildman–Crippen MR) is 156 cm³/mol. The molecular formula is C32H46N2O4. The zero-order valence-corrected chi connectivity index (χ0v) is 23.2. The van der Waals surface area contributed by atoms with Gasteiger partial charge in [-0.15, -0.1) is 0 Å². The molecule has 1 unspecified atom stereocenters. The fourth-order valence-corrected chi connectivity index (χ4v) is 3.86. The van der Waals surface area contributed by atoms with Crippen LogP contribution in [0.2, 0.25) is 0 Å². The molecule has 0 spiro atoms. The van der Waals surface area contributed by atoms with Crippen LogP contribution in [0.15, 0.2) is 85.1 Å².